The van der Waals surface area contributed by atoms with Crippen molar-refractivity contribution < 1.29 is 21.2 Å². The van der Waals surface area contributed by atoms with Crippen molar-refractivity contribution in [1.29, 1.82) is 0 Å². The number of unbranched alkanes of at least 4 members (excludes halogenated alkanes) is 6. The molecule has 0 aliphatic carbocycles. The van der Waals surface area contributed by atoms with Gasteiger partial charge in [-0.05, 0) is 73.9 Å². The van der Waals surface area contributed by atoms with Gasteiger partial charge in [0.2, 0.25) is 11.4 Å². The molecule has 2 aromatic rings. The van der Waals surface area contributed by atoms with E-state index in [-0.39, 0.29) is 16.5 Å². The number of rotatable bonds is 14. The first-order valence-electron chi connectivity index (χ1n) is 16.2. The maximum Gasteiger partial charge on any atom is 2.00 e. The van der Waals surface area contributed by atoms with Crippen molar-refractivity contribution in [3.8, 4) is 0 Å². The van der Waals surface area contributed by atoms with Crippen molar-refractivity contribution in [2.45, 2.75) is 131 Å². The molecule has 2 aromatic carbocycles. The molecule has 1 aliphatic rings. The van der Waals surface area contributed by atoms with Gasteiger partial charge in [-0.15, -0.1) is 0 Å². The maximum absolute atomic E-state index is 11.6. The van der Waals surface area contributed by atoms with Crippen LogP contribution in [0.15, 0.2) is 59.7 Å². The molecular formula is C38H58N2Ni. The Balaban J connectivity index is 0.00000158. The van der Waals surface area contributed by atoms with Crippen molar-refractivity contribution in [2.75, 3.05) is 0 Å². The van der Waals surface area contributed by atoms with E-state index in [4.69, 9.17) is 0 Å². The first-order chi connectivity index (χ1) is 19.5. The fourth-order valence-electron chi connectivity index (χ4n) is 4.73. The minimum Gasteiger partial charge on any atom is -0.493 e. The molecule has 0 radical (unpaired) electrons. The molecule has 1 heterocycles. The third-order valence-corrected chi connectivity index (χ3v) is 7.37. The van der Waals surface area contributed by atoms with E-state index in [0.29, 0.717) is 0 Å². The van der Waals surface area contributed by atoms with E-state index in [1.807, 2.05) is 0 Å². The van der Waals surface area contributed by atoms with Gasteiger partial charge in [0.05, 0.1) is 0 Å². The number of nitrogens with zero attached hydrogens (tertiary/aromatic N) is 2. The Morgan fingerprint density at radius 2 is 1.05 bits per heavy atom. The van der Waals surface area contributed by atoms with E-state index in [0.717, 1.165) is 73.9 Å². The molecule has 230 valence electrons. The molecule has 3 heteroatoms. The summed E-state index contributed by atoms with van der Waals surface area (Å²) < 4.78 is 1.51. The molecule has 0 N–H and O–H groups in total. The van der Waals surface area contributed by atoms with Crippen LogP contribution in [0, 0.1) is 13.8 Å². The largest absolute Gasteiger partial charge is 2.00 e. The fourth-order valence-corrected chi connectivity index (χ4v) is 4.73. The molecule has 0 saturated heterocycles. The zero-order chi connectivity index (χ0) is 29.8. The summed E-state index contributed by atoms with van der Waals surface area (Å²) >= 11 is 0. The van der Waals surface area contributed by atoms with Crippen molar-refractivity contribution in [2.24, 2.45) is 0 Å². The van der Waals surface area contributed by atoms with Gasteiger partial charge >= 0.3 is 16.5 Å². The monoisotopic (exact) mass is 600 g/mol. The molecule has 3 rings (SSSR count). The zero-order valence-electron chi connectivity index (χ0n) is 27.1. The molecule has 0 spiro atoms. The van der Waals surface area contributed by atoms with Gasteiger partial charge in [0.15, 0.2) is 0 Å². The topological polar surface area (TPSA) is 25.3 Å². The van der Waals surface area contributed by atoms with E-state index in [2.05, 4.69) is 104 Å². The summed E-state index contributed by atoms with van der Waals surface area (Å²) in [7, 11) is 0. The summed E-state index contributed by atoms with van der Waals surface area (Å²) in [4.78, 5) is 0. The molecule has 0 saturated carbocycles. The zero-order valence-corrected chi connectivity index (χ0v) is 28.1. The van der Waals surface area contributed by atoms with Gasteiger partial charge in [-0.2, -0.15) is 12.8 Å². The minimum atomic E-state index is 0. The summed E-state index contributed by atoms with van der Waals surface area (Å²) in [5.74, 6) is 0. The summed E-state index contributed by atoms with van der Waals surface area (Å²) in [5.41, 5.74) is 21.2. The van der Waals surface area contributed by atoms with Gasteiger partial charge in [0, 0.05) is 22.3 Å². The number of hydrogen-bond acceptors (Lipinski definition) is 0. The van der Waals surface area contributed by atoms with Crippen molar-refractivity contribution >= 4 is 11.4 Å². The fraction of sp³-hybridized carbons (Fsp3) is 0.526. The Morgan fingerprint density at radius 3 is 1.46 bits per heavy atom. The molecule has 0 bridgehead atoms. The quantitative estimate of drug-likeness (QED) is 0.0891. The van der Waals surface area contributed by atoms with Crippen molar-refractivity contribution in [3.05, 3.63) is 101 Å². The molecule has 0 atom stereocenters. The van der Waals surface area contributed by atoms with E-state index in [9.17, 15) is 5.53 Å². The summed E-state index contributed by atoms with van der Waals surface area (Å²) in [6, 6.07) is 17.5. The van der Waals surface area contributed by atoms with Crippen LogP contribution in [0.4, 0.5) is 0 Å². The Hall–Kier alpha value is -1.99. The molecular weight excluding hydrogens is 543 g/mol. The van der Waals surface area contributed by atoms with Gasteiger partial charge in [-0.25, -0.2) is 4.70 Å². The Bertz CT molecular complexity index is 1040. The van der Waals surface area contributed by atoms with E-state index in [1.165, 1.54) is 65.5 Å². The molecule has 0 unspecified atom stereocenters. The molecule has 0 amide bonds. The number of allylic oxidation sites excluding steroid dienone is 2. The van der Waals surface area contributed by atoms with Crippen LogP contribution in [0.5, 0.6) is 0 Å². The molecule has 0 aromatic heterocycles. The van der Waals surface area contributed by atoms with Crippen LogP contribution in [0.25, 0.3) is 16.9 Å². The van der Waals surface area contributed by atoms with Gasteiger partial charge in [-0.3, -0.25) is 0 Å². The van der Waals surface area contributed by atoms with Crippen molar-refractivity contribution in [3.63, 3.8) is 0 Å². The minimum absolute atomic E-state index is 0. The second-order valence-electron chi connectivity index (χ2n) is 10.7. The van der Waals surface area contributed by atoms with Crippen LogP contribution in [0.2, 0.25) is 0 Å². The van der Waals surface area contributed by atoms with Gasteiger partial charge in [-0.1, -0.05) is 104 Å². The normalized spacial score (nSPS) is 12.4. The predicted molar refractivity (Wildman–Crippen MR) is 178 cm³/mol. The van der Waals surface area contributed by atoms with Gasteiger partial charge < -0.3 is 19.4 Å². The average molecular weight is 602 g/mol. The molecule has 2 nitrogen and oxygen atoms in total. The van der Waals surface area contributed by atoms with Crippen LogP contribution < -0.4 is 0 Å². The molecule has 0 fully saturated rings. The predicted octanol–water partition coefficient (Wildman–Crippen LogP) is 12.4. The Kier molecular flexibility index (Phi) is 22.4. The third kappa shape index (κ3) is 12.8. The van der Waals surface area contributed by atoms with E-state index < -0.39 is 0 Å². The summed E-state index contributed by atoms with van der Waals surface area (Å²) in [5, 5.41) is 0. The van der Waals surface area contributed by atoms with Gasteiger partial charge in [0.25, 0.3) is 0 Å². The van der Waals surface area contributed by atoms with E-state index >= 15 is 0 Å². The Morgan fingerprint density at radius 1 is 0.585 bits per heavy atom. The van der Waals surface area contributed by atoms with Crippen LogP contribution in [-0.2, 0) is 29.3 Å². The van der Waals surface area contributed by atoms with Crippen LogP contribution in [-0.4, -0.2) is 4.70 Å². The van der Waals surface area contributed by atoms with Gasteiger partial charge in [0.1, 0.15) is 0 Å². The number of aryl methyl sites for hydroxylation is 2. The first-order valence-corrected chi connectivity index (χ1v) is 16.2. The number of benzene rings is 2. The first kappa shape index (κ1) is 39.0. The number of hydrogen-bond donors (Lipinski definition) is 0. The SMILES string of the molecule is CCCCCC1=C(c2ccc(CC)cc2)[N+](=[N-])C(c2cccc(CC)c2)=C1CCCCC.[CH2-]CCC.[CH2-]CCC.[Ni+2]. The third-order valence-electron chi connectivity index (χ3n) is 7.37. The summed E-state index contributed by atoms with van der Waals surface area (Å²) in [6.07, 6.45) is 15.8. The average Bonchev–Trinajstić information content (AvgIpc) is 3.28. The smallest absolute Gasteiger partial charge is 0.493 e. The van der Waals surface area contributed by atoms with Crippen LogP contribution in [0.3, 0.4) is 0 Å². The standard InChI is InChI=1S/C30H40N2.2C4H9.Ni/c1-5-9-11-16-27-28(17-12-10-6-2)30(26-15-13-14-24(8-4)22-26)32(31)29(27)25-20-18-23(7-3)19-21-25;2*1-3-4-2;/h13-15,18-22H,5-12,16-17H2,1-4H3;2*1,3-4H2,2H3;/q;2*-1;+2. The second-order valence-corrected chi connectivity index (χ2v) is 10.7. The maximum atomic E-state index is 11.6. The Labute approximate surface area is 264 Å². The summed E-state index contributed by atoms with van der Waals surface area (Å²) in [6.45, 7) is 20.3. The van der Waals surface area contributed by atoms with E-state index in [1.54, 1.807) is 0 Å². The second kappa shape index (κ2) is 23.6. The van der Waals surface area contributed by atoms with Crippen molar-refractivity contribution in [1.82, 2.24) is 0 Å². The molecule has 1 aliphatic heterocycles. The van der Waals surface area contributed by atoms with Crippen LogP contribution >= 0.6 is 0 Å². The van der Waals surface area contributed by atoms with Crippen LogP contribution in [0.1, 0.15) is 141 Å². The molecule has 41 heavy (non-hydrogen) atoms.